The molecule has 9 aromatic rings. The fraction of sp³-hybridized carbons (Fsp3) is 0.357. The number of ether oxygens (including phenoxy) is 15. The van der Waals surface area contributed by atoms with Crippen LogP contribution in [0, 0.1) is 0 Å². The van der Waals surface area contributed by atoms with Gasteiger partial charge in [0.2, 0.25) is 0 Å². The van der Waals surface area contributed by atoms with Crippen LogP contribution in [0.15, 0.2) is 278 Å². The Hall–Kier alpha value is -8.35. The van der Waals surface area contributed by atoms with E-state index in [-0.39, 0.29) is 92.4 Å². The van der Waals surface area contributed by atoms with E-state index in [0.717, 1.165) is 50.1 Å². The third-order valence-corrected chi connectivity index (χ3v) is 18.0. The Kier molecular flexibility index (Phi) is 29.3. The lowest BCUT2D eigenvalue weighted by Crippen LogP contribution is -2.68. The predicted octanol–water partition coefficient (Wildman–Crippen LogP) is 14.2. The molecule has 103 heavy (non-hydrogen) atoms. The molecule has 3 fully saturated rings. The SMILES string of the molecule is [N-]=[N+]=NCCCO[C@@H]1O[C@H](COCc2ccccc2)[C@@H](O[C@@H]2O[C@H](COCc3ccccc3)[C@H](O[C@H]3O[C@H](COCc4ccccc4)[C@H](OCc4ccccc4)[C@H](O)[C@H]3OCc3ccccc3)[C@H](OCc3ccccc3)[C@H]2OCc2ccccc2)[C@H](OCc2ccccc2)[C@H]1OCc1ccccc1. The molecule has 3 aliphatic rings. The van der Waals surface area contributed by atoms with Gasteiger partial charge in [0.1, 0.15) is 73.2 Å². The van der Waals surface area contributed by atoms with E-state index in [1.807, 2.05) is 273 Å². The van der Waals surface area contributed by atoms with E-state index in [9.17, 15) is 10.6 Å². The summed E-state index contributed by atoms with van der Waals surface area (Å²) in [5.74, 6) is 0. The van der Waals surface area contributed by atoms with Crippen molar-refractivity contribution in [2.45, 2.75) is 158 Å². The second-order valence-corrected chi connectivity index (χ2v) is 25.6. The summed E-state index contributed by atoms with van der Waals surface area (Å²) in [6, 6.07) is 88.5. The van der Waals surface area contributed by atoms with Crippen molar-refractivity contribution in [1.29, 1.82) is 0 Å². The molecule has 0 aliphatic carbocycles. The molecule has 0 unspecified atom stereocenters. The van der Waals surface area contributed by atoms with Crippen molar-refractivity contribution in [3.8, 4) is 0 Å². The monoisotopic (exact) mass is 1400 g/mol. The number of aliphatic hydroxyl groups excluding tert-OH is 1. The van der Waals surface area contributed by atoms with Gasteiger partial charge < -0.3 is 76.2 Å². The van der Waals surface area contributed by atoms with E-state index in [4.69, 9.17) is 71.1 Å². The van der Waals surface area contributed by atoms with Gasteiger partial charge in [-0.05, 0) is 62.0 Å². The summed E-state index contributed by atoms with van der Waals surface area (Å²) in [7, 11) is 0. The zero-order valence-corrected chi connectivity index (χ0v) is 57.7. The first-order chi connectivity index (χ1) is 51.0. The molecule has 15 atom stereocenters. The highest BCUT2D eigenvalue weighted by molar-refractivity contribution is 5.21. The molecular formula is C84H91N3O16. The third kappa shape index (κ3) is 22.6. The van der Waals surface area contributed by atoms with E-state index >= 15 is 0 Å². The molecule has 19 nitrogen and oxygen atoms in total. The molecule has 3 heterocycles. The van der Waals surface area contributed by atoms with Crippen LogP contribution in [0.2, 0.25) is 0 Å². The average Bonchev–Trinajstić information content (AvgIpc) is 0.757. The maximum Gasteiger partial charge on any atom is 0.187 e. The zero-order valence-electron chi connectivity index (χ0n) is 57.7. The van der Waals surface area contributed by atoms with Crippen LogP contribution >= 0.6 is 0 Å². The second kappa shape index (κ2) is 40.6. The number of benzene rings is 9. The number of rotatable bonds is 39. The van der Waals surface area contributed by atoms with E-state index in [0.29, 0.717) is 6.42 Å². The standard InChI is InChI=1S/C84H91N3O16/c85-87-86-47-28-48-92-82-80(97-56-68-43-24-8-25-44-68)78(95-54-66-39-20-6-21-40-66)75(71(99-82)59-90-50-62-31-12-2-13-32-62)103-84-81(98-57-69-45-26-9-27-46-69)79(96-55-67-41-22-7-23-42-67)76(72(101-84)60-91-51-63-33-14-3-15-34-63)102-83-77(94-53-65-37-18-5-19-38-65)73(88)74(93-52-64-35-16-4-17-36-64)70(100-83)58-89-49-61-29-10-1-11-30-61/h1-27,29-46,70-84,88H,28,47-60H2/t70-,71-,72-,73+,74+,75-,76+,77-,78+,79+,80-,81-,82-,83-,84+/m1/s1. The van der Waals surface area contributed by atoms with Crippen LogP contribution in [-0.2, 0) is 131 Å². The number of aliphatic hydroxyl groups is 1. The molecule has 12 rings (SSSR count). The molecule has 0 bridgehead atoms. The van der Waals surface area contributed by atoms with Gasteiger partial charge in [0.05, 0.1) is 79.3 Å². The van der Waals surface area contributed by atoms with Crippen LogP contribution < -0.4 is 0 Å². The Labute approximate surface area is 602 Å². The first-order valence-corrected chi connectivity index (χ1v) is 35.3. The van der Waals surface area contributed by atoms with Crippen molar-refractivity contribution in [2.24, 2.45) is 5.11 Å². The first-order valence-electron chi connectivity index (χ1n) is 35.3. The Morgan fingerprint density at radius 2 is 0.544 bits per heavy atom. The Morgan fingerprint density at radius 3 is 0.864 bits per heavy atom. The highest BCUT2D eigenvalue weighted by atomic mass is 16.8. The Morgan fingerprint density at radius 1 is 0.291 bits per heavy atom. The van der Waals surface area contributed by atoms with Gasteiger partial charge >= 0.3 is 0 Å². The second-order valence-electron chi connectivity index (χ2n) is 25.6. The van der Waals surface area contributed by atoms with Crippen molar-refractivity contribution < 1.29 is 76.2 Å². The van der Waals surface area contributed by atoms with Crippen LogP contribution in [0.25, 0.3) is 10.4 Å². The van der Waals surface area contributed by atoms with Gasteiger partial charge in [-0.15, -0.1) is 0 Å². The quantitative estimate of drug-likeness (QED) is 0.0164. The third-order valence-electron chi connectivity index (χ3n) is 18.0. The maximum absolute atomic E-state index is 13.2. The van der Waals surface area contributed by atoms with Crippen LogP contribution in [0.1, 0.15) is 56.5 Å². The largest absolute Gasteiger partial charge is 0.387 e. The number of hydrogen-bond acceptors (Lipinski definition) is 17. The summed E-state index contributed by atoms with van der Waals surface area (Å²) < 4.78 is 107. The maximum atomic E-state index is 13.2. The van der Waals surface area contributed by atoms with Gasteiger partial charge in [-0.2, -0.15) is 0 Å². The minimum Gasteiger partial charge on any atom is -0.387 e. The van der Waals surface area contributed by atoms with E-state index in [1.165, 1.54) is 0 Å². The molecule has 0 radical (unpaired) electrons. The summed E-state index contributed by atoms with van der Waals surface area (Å²) in [6.07, 6.45) is -16.2. The van der Waals surface area contributed by atoms with E-state index in [2.05, 4.69) is 10.0 Å². The van der Waals surface area contributed by atoms with Crippen molar-refractivity contribution in [3.05, 3.63) is 334 Å². The highest BCUT2D eigenvalue weighted by Crippen LogP contribution is 2.39. The first kappa shape index (κ1) is 74.4. The lowest BCUT2D eigenvalue weighted by molar-refractivity contribution is -0.394. The average molecular weight is 1400 g/mol. The summed E-state index contributed by atoms with van der Waals surface area (Å²) >= 11 is 0. The van der Waals surface area contributed by atoms with E-state index in [1.54, 1.807) is 0 Å². The molecule has 9 aromatic carbocycles. The summed E-state index contributed by atoms with van der Waals surface area (Å²) in [5, 5.41) is 16.9. The van der Waals surface area contributed by atoms with Gasteiger partial charge in [-0.1, -0.05) is 278 Å². The van der Waals surface area contributed by atoms with Gasteiger partial charge in [0.25, 0.3) is 0 Å². The van der Waals surface area contributed by atoms with Gasteiger partial charge in [-0.3, -0.25) is 0 Å². The fourth-order valence-electron chi connectivity index (χ4n) is 12.7. The molecule has 1 N–H and O–H groups in total. The number of azide groups is 1. The molecule has 538 valence electrons. The van der Waals surface area contributed by atoms with Crippen molar-refractivity contribution in [1.82, 2.24) is 0 Å². The summed E-state index contributed by atoms with van der Waals surface area (Å²) in [4.78, 5) is 2.98. The molecular weight excluding hydrogens is 1310 g/mol. The van der Waals surface area contributed by atoms with Crippen LogP contribution in [0.4, 0.5) is 0 Å². The predicted molar refractivity (Wildman–Crippen MR) is 385 cm³/mol. The zero-order chi connectivity index (χ0) is 70.3. The molecule has 3 saturated heterocycles. The normalized spacial score (nSPS) is 24.8. The highest BCUT2D eigenvalue weighted by Gasteiger charge is 2.57. The Bertz CT molecular complexity index is 3830. The summed E-state index contributed by atoms with van der Waals surface area (Å²) in [5.41, 5.74) is 17.3. The minimum absolute atomic E-state index is 0.000974. The van der Waals surface area contributed by atoms with Crippen molar-refractivity contribution in [3.63, 3.8) is 0 Å². The fourth-order valence-corrected chi connectivity index (χ4v) is 12.7. The number of hydrogen-bond donors (Lipinski definition) is 1. The molecule has 3 aliphatic heterocycles. The lowest BCUT2D eigenvalue weighted by atomic mass is 9.95. The van der Waals surface area contributed by atoms with Gasteiger partial charge in [-0.25, -0.2) is 0 Å². The van der Waals surface area contributed by atoms with Crippen LogP contribution in [-0.4, -0.2) is 130 Å². The number of nitrogens with zero attached hydrogens (tertiary/aromatic N) is 3. The van der Waals surface area contributed by atoms with Gasteiger partial charge in [0.15, 0.2) is 18.9 Å². The molecule has 0 amide bonds. The van der Waals surface area contributed by atoms with Gasteiger partial charge in [0, 0.05) is 18.1 Å². The Balaban J connectivity index is 0.966. The summed E-state index contributed by atoms with van der Waals surface area (Å²) in [6.45, 7) is 1.59. The lowest BCUT2D eigenvalue weighted by Gasteiger charge is -2.51. The molecule has 0 aromatic heterocycles. The topological polar surface area (TPSA) is 207 Å². The van der Waals surface area contributed by atoms with E-state index < -0.39 is 92.1 Å². The van der Waals surface area contributed by atoms with Crippen LogP contribution in [0.5, 0.6) is 0 Å². The minimum atomic E-state index is -1.35. The molecule has 0 saturated carbocycles. The van der Waals surface area contributed by atoms with Crippen LogP contribution in [0.3, 0.4) is 0 Å². The molecule has 19 heteroatoms. The van der Waals surface area contributed by atoms with Crippen molar-refractivity contribution >= 4 is 0 Å². The smallest absolute Gasteiger partial charge is 0.187 e. The van der Waals surface area contributed by atoms with Crippen molar-refractivity contribution in [2.75, 3.05) is 33.0 Å². The molecule has 0 spiro atoms.